The Bertz CT molecular complexity index is 908. The molecule has 0 saturated carbocycles. The van der Waals surface area contributed by atoms with Gasteiger partial charge in [-0.05, 0) is 54.8 Å². The number of aliphatic hydroxyl groups is 1. The summed E-state index contributed by atoms with van der Waals surface area (Å²) in [6.07, 6.45) is 1.71. The Kier molecular flexibility index (Phi) is 4.46. The van der Waals surface area contributed by atoms with Gasteiger partial charge in [0.05, 0.1) is 12.1 Å². The van der Waals surface area contributed by atoms with Crippen molar-refractivity contribution in [2.24, 2.45) is 12.5 Å². The van der Waals surface area contributed by atoms with Gasteiger partial charge in [0, 0.05) is 25.6 Å². The Morgan fingerprint density at radius 3 is 2.69 bits per heavy atom. The molecule has 0 amide bonds. The minimum atomic E-state index is -0.223. The van der Waals surface area contributed by atoms with Crippen LogP contribution in [0.15, 0.2) is 42.5 Å². The summed E-state index contributed by atoms with van der Waals surface area (Å²) < 4.78 is 14.9. The number of halogens is 1. The third-order valence-corrected chi connectivity index (χ3v) is 5.43. The average molecular weight is 354 g/mol. The first-order chi connectivity index (χ1) is 12.6. The first-order valence-corrected chi connectivity index (χ1v) is 8.93. The smallest absolute Gasteiger partial charge is 0.123 e. The van der Waals surface area contributed by atoms with Crippen molar-refractivity contribution in [2.45, 2.75) is 19.4 Å². The fraction of sp³-hybridized carbons (Fsp3) is 0.400. The van der Waals surface area contributed by atoms with Gasteiger partial charge in [-0.15, -0.1) is 5.10 Å². The van der Waals surface area contributed by atoms with Crippen molar-refractivity contribution in [3.05, 3.63) is 59.4 Å². The van der Waals surface area contributed by atoms with Crippen LogP contribution in [-0.4, -0.2) is 44.7 Å². The van der Waals surface area contributed by atoms with Crippen molar-refractivity contribution in [1.82, 2.24) is 19.9 Å². The van der Waals surface area contributed by atoms with E-state index >= 15 is 0 Å². The Hall–Kier alpha value is -2.31. The average Bonchev–Trinajstić information content (AvgIpc) is 3.21. The van der Waals surface area contributed by atoms with Gasteiger partial charge >= 0.3 is 0 Å². The zero-order chi connectivity index (χ0) is 18.1. The second kappa shape index (κ2) is 6.78. The fourth-order valence-corrected chi connectivity index (χ4v) is 3.97. The second-order valence-electron chi connectivity index (χ2n) is 7.46. The summed E-state index contributed by atoms with van der Waals surface area (Å²) in [5, 5.41) is 18.3. The van der Waals surface area contributed by atoms with E-state index in [0.717, 1.165) is 49.1 Å². The second-order valence-corrected chi connectivity index (χ2v) is 7.46. The topological polar surface area (TPSA) is 54.2 Å². The maximum absolute atomic E-state index is 13.1. The van der Waals surface area contributed by atoms with Crippen LogP contribution in [0.2, 0.25) is 0 Å². The van der Waals surface area contributed by atoms with Crippen molar-refractivity contribution in [1.29, 1.82) is 0 Å². The van der Waals surface area contributed by atoms with Gasteiger partial charge in [-0.2, -0.15) is 0 Å². The predicted octanol–water partition coefficient (Wildman–Crippen LogP) is 2.53. The van der Waals surface area contributed by atoms with Gasteiger partial charge in [-0.25, -0.2) is 9.07 Å². The number of likely N-dealkylation sites (tertiary alicyclic amines) is 1. The standard InChI is InChI=1S/C20H23FN4O/c1-24-19-7-4-16(10-18(19)22-23-24)12-25-9-8-20(13-25,14-26)11-15-2-5-17(21)6-3-15/h2-7,10,26H,8-9,11-14H2,1H3. The highest BCUT2D eigenvalue weighted by Gasteiger charge is 2.37. The molecule has 0 radical (unpaired) electrons. The van der Waals surface area contributed by atoms with Crippen LogP contribution in [0.3, 0.4) is 0 Å². The van der Waals surface area contributed by atoms with Gasteiger partial charge in [0.2, 0.25) is 0 Å². The predicted molar refractivity (Wildman–Crippen MR) is 98.0 cm³/mol. The highest BCUT2D eigenvalue weighted by Crippen LogP contribution is 2.34. The van der Waals surface area contributed by atoms with Crippen molar-refractivity contribution in [3.63, 3.8) is 0 Å². The Morgan fingerprint density at radius 2 is 1.92 bits per heavy atom. The minimum Gasteiger partial charge on any atom is -0.396 e. The molecule has 1 atom stereocenters. The van der Waals surface area contributed by atoms with Crippen molar-refractivity contribution < 1.29 is 9.50 Å². The molecular formula is C20H23FN4O. The maximum Gasteiger partial charge on any atom is 0.123 e. The molecule has 2 heterocycles. The molecule has 6 heteroatoms. The molecule has 1 aliphatic heterocycles. The summed E-state index contributed by atoms with van der Waals surface area (Å²) in [4.78, 5) is 2.37. The minimum absolute atomic E-state index is 0.143. The van der Waals surface area contributed by atoms with Gasteiger partial charge in [0.15, 0.2) is 0 Å². The zero-order valence-corrected chi connectivity index (χ0v) is 14.9. The Balaban J connectivity index is 1.46. The van der Waals surface area contributed by atoms with E-state index < -0.39 is 0 Å². The summed E-state index contributed by atoms with van der Waals surface area (Å²) in [6, 6.07) is 12.9. The lowest BCUT2D eigenvalue weighted by Crippen LogP contribution is -2.32. The fourth-order valence-electron chi connectivity index (χ4n) is 3.97. The largest absolute Gasteiger partial charge is 0.396 e. The summed E-state index contributed by atoms with van der Waals surface area (Å²) in [5.41, 5.74) is 4.05. The molecule has 1 aromatic heterocycles. The number of aryl methyl sites for hydroxylation is 1. The third kappa shape index (κ3) is 3.34. The molecule has 0 bridgehead atoms. The van der Waals surface area contributed by atoms with E-state index in [4.69, 9.17) is 0 Å². The quantitative estimate of drug-likeness (QED) is 0.765. The molecule has 0 spiro atoms. The van der Waals surface area contributed by atoms with Gasteiger partial charge in [-0.3, -0.25) is 4.90 Å². The molecule has 5 nitrogen and oxygen atoms in total. The van der Waals surface area contributed by atoms with Crippen LogP contribution in [0.5, 0.6) is 0 Å². The lowest BCUT2D eigenvalue weighted by atomic mass is 9.81. The molecule has 1 aliphatic rings. The van der Waals surface area contributed by atoms with Crippen molar-refractivity contribution in [2.75, 3.05) is 19.7 Å². The van der Waals surface area contributed by atoms with Crippen LogP contribution in [0, 0.1) is 11.2 Å². The number of fused-ring (bicyclic) bond motifs is 1. The highest BCUT2D eigenvalue weighted by molar-refractivity contribution is 5.74. The number of hydrogen-bond acceptors (Lipinski definition) is 4. The van der Waals surface area contributed by atoms with Gasteiger partial charge in [0.1, 0.15) is 11.3 Å². The monoisotopic (exact) mass is 354 g/mol. The van der Waals surface area contributed by atoms with E-state index in [9.17, 15) is 9.50 Å². The number of aromatic nitrogens is 3. The van der Waals surface area contributed by atoms with Crippen LogP contribution in [0.25, 0.3) is 11.0 Å². The molecular weight excluding hydrogens is 331 g/mol. The molecule has 0 aliphatic carbocycles. The van der Waals surface area contributed by atoms with Crippen molar-refractivity contribution >= 4 is 11.0 Å². The van der Waals surface area contributed by atoms with E-state index in [-0.39, 0.29) is 17.8 Å². The first kappa shape index (κ1) is 17.1. The number of rotatable bonds is 5. The highest BCUT2D eigenvalue weighted by atomic mass is 19.1. The molecule has 26 heavy (non-hydrogen) atoms. The van der Waals surface area contributed by atoms with E-state index in [1.165, 1.54) is 17.7 Å². The molecule has 1 unspecified atom stereocenters. The summed E-state index contributed by atoms with van der Waals surface area (Å²) in [7, 11) is 1.89. The summed E-state index contributed by atoms with van der Waals surface area (Å²) in [5.74, 6) is -0.223. The molecule has 1 N–H and O–H groups in total. The molecule has 1 fully saturated rings. The van der Waals surface area contributed by atoms with E-state index in [1.54, 1.807) is 4.68 Å². The zero-order valence-electron chi connectivity index (χ0n) is 14.9. The van der Waals surface area contributed by atoms with Crippen LogP contribution in [-0.2, 0) is 20.0 Å². The van der Waals surface area contributed by atoms with Crippen LogP contribution in [0.4, 0.5) is 4.39 Å². The molecule has 136 valence electrons. The number of nitrogens with zero attached hydrogens (tertiary/aromatic N) is 4. The number of benzene rings is 2. The third-order valence-electron chi connectivity index (χ3n) is 5.43. The van der Waals surface area contributed by atoms with E-state index in [1.807, 2.05) is 19.2 Å². The summed E-state index contributed by atoms with van der Waals surface area (Å²) in [6.45, 7) is 2.75. The SMILES string of the molecule is Cn1nnc2cc(CN3CCC(CO)(Cc4ccc(F)cc4)C3)ccc21. The normalized spacial score (nSPS) is 20.9. The summed E-state index contributed by atoms with van der Waals surface area (Å²) >= 11 is 0. The van der Waals surface area contributed by atoms with Gasteiger partial charge in [-0.1, -0.05) is 23.4 Å². The number of hydrogen-bond donors (Lipinski definition) is 1. The van der Waals surface area contributed by atoms with Crippen LogP contribution in [0.1, 0.15) is 17.5 Å². The first-order valence-electron chi connectivity index (χ1n) is 8.93. The lowest BCUT2D eigenvalue weighted by molar-refractivity contribution is 0.127. The Labute approximate surface area is 152 Å². The van der Waals surface area contributed by atoms with Crippen molar-refractivity contribution in [3.8, 4) is 0 Å². The maximum atomic E-state index is 13.1. The van der Waals surface area contributed by atoms with E-state index in [0.29, 0.717) is 0 Å². The molecule has 4 rings (SSSR count). The van der Waals surface area contributed by atoms with Gasteiger partial charge in [0.25, 0.3) is 0 Å². The molecule has 1 saturated heterocycles. The number of aliphatic hydroxyl groups excluding tert-OH is 1. The Morgan fingerprint density at radius 1 is 1.15 bits per heavy atom. The van der Waals surface area contributed by atoms with E-state index in [2.05, 4.69) is 33.4 Å². The molecule has 3 aromatic rings. The van der Waals surface area contributed by atoms with Crippen LogP contribution < -0.4 is 0 Å². The molecule has 2 aromatic carbocycles. The van der Waals surface area contributed by atoms with Gasteiger partial charge < -0.3 is 5.11 Å². The van der Waals surface area contributed by atoms with Crippen LogP contribution >= 0.6 is 0 Å². The lowest BCUT2D eigenvalue weighted by Gasteiger charge is -2.27.